The molecular weight excluding hydrogens is 252 g/mol. The topological polar surface area (TPSA) is 44.7 Å². The molecule has 1 aromatic rings. The second-order valence-electron chi connectivity index (χ2n) is 5.87. The summed E-state index contributed by atoms with van der Waals surface area (Å²) in [4.78, 5) is 2.53. The molecule has 0 amide bonds. The van der Waals surface area contributed by atoms with Gasteiger partial charge in [0.05, 0.1) is 7.11 Å². The summed E-state index contributed by atoms with van der Waals surface area (Å²) in [7, 11) is 1.60. The average Bonchev–Trinajstić information content (AvgIpc) is 2.89. The van der Waals surface area contributed by atoms with Crippen molar-refractivity contribution in [3.8, 4) is 11.5 Å². The number of hydrogen-bond acceptors (Lipinski definition) is 4. The van der Waals surface area contributed by atoms with Crippen LogP contribution in [0.5, 0.6) is 11.5 Å². The standard InChI is InChI=1S/C16H26N2O2/c1-12(2)18-7-6-13(11-18)9-17-10-14-4-5-15(20-3)8-16(14)19/h4-5,8,12-13,17,19H,6-7,9-11H2,1-3H3. The molecule has 20 heavy (non-hydrogen) atoms. The third kappa shape index (κ3) is 3.87. The molecule has 1 unspecified atom stereocenters. The minimum Gasteiger partial charge on any atom is -0.507 e. The number of nitrogens with one attached hydrogen (secondary N) is 1. The molecule has 4 nitrogen and oxygen atoms in total. The van der Waals surface area contributed by atoms with Gasteiger partial charge in [-0.25, -0.2) is 0 Å². The van der Waals surface area contributed by atoms with Crippen molar-refractivity contribution in [2.45, 2.75) is 32.9 Å². The minimum atomic E-state index is 0.298. The zero-order valence-corrected chi connectivity index (χ0v) is 12.7. The second-order valence-corrected chi connectivity index (χ2v) is 5.87. The predicted octanol–water partition coefficient (Wildman–Crippen LogP) is 2.22. The number of nitrogens with zero attached hydrogens (tertiary/aromatic N) is 1. The first-order valence-corrected chi connectivity index (χ1v) is 7.40. The normalized spacial score (nSPS) is 19.7. The van der Waals surface area contributed by atoms with Crippen LogP contribution in [0.3, 0.4) is 0 Å². The summed E-state index contributed by atoms with van der Waals surface area (Å²) in [6, 6.07) is 6.10. The number of methoxy groups -OCH3 is 1. The Labute approximate surface area is 121 Å². The third-order valence-corrected chi connectivity index (χ3v) is 4.09. The first kappa shape index (κ1) is 15.1. The molecule has 1 aliphatic rings. The van der Waals surface area contributed by atoms with Gasteiger partial charge in [-0.05, 0) is 45.3 Å². The van der Waals surface area contributed by atoms with E-state index in [0.717, 1.165) is 18.0 Å². The van der Waals surface area contributed by atoms with Gasteiger partial charge in [0.1, 0.15) is 11.5 Å². The fraction of sp³-hybridized carbons (Fsp3) is 0.625. The first-order valence-electron chi connectivity index (χ1n) is 7.40. The Morgan fingerprint density at radius 3 is 2.85 bits per heavy atom. The molecular formula is C16H26N2O2. The van der Waals surface area contributed by atoms with Gasteiger partial charge in [-0.2, -0.15) is 0 Å². The van der Waals surface area contributed by atoms with Crippen LogP contribution < -0.4 is 10.1 Å². The molecule has 1 heterocycles. The molecule has 0 bridgehead atoms. The Morgan fingerprint density at radius 1 is 1.45 bits per heavy atom. The van der Waals surface area contributed by atoms with Gasteiger partial charge >= 0.3 is 0 Å². The molecule has 1 aromatic carbocycles. The fourth-order valence-electron chi connectivity index (χ4n) is 2.73. The second kappa shape index (κ2) is 6.95. The zero-order chi connectivity index (χ0) is 14.5. The van der Waals surface area contributed by atoms with Crippen LogP contribution in [-0.2, 0) is 6.54 Å². The number of likely N-dealkylation sites (tertiary alicyclic amines) is 1. The van der Waals surface area contributed by atoms with Crippen molar-refractivity contribution in [3.05, 3.63) is 23.8 Å². The van der Waals surface area contributed by atoms with Gasteiger partial charge in [0, 0.05) is 30.8 Å². The maximum absolute atomic E-state index is 9.90. The minimum absolute atomic E-state index is 0.298. The van der Waals surface area contributed by atoms with E-state index in [1.807, 2.05) is 12.1 Å². The molecule has 0 spiro atoms. The van der Waals surface area contributed by atoms with E-state index in [1.54, 1.807) is 13.2 Å². The highest BCUT2D eigenvalue weighted by atomic mass is 16.5. The first-order chi connectivity index (χ1) is 9.60. The number of rotatable bonds is 6. The Bertz CT molecular complexity index is 434. The molecule has 0 radical (unpaired) electrons. The Balaban J connectivity index is 1.76. The van der Waals surface area contributed by atoms with Crippen LogP contribution in [0.1, 0.15) is 25.8 Å². The highest BCUT2D eigenvalue weighted by Crippen LogP contribution is 2.23. The van der Waals surface area contributed by atoms with Crippen LogP contribution >= 0.6 is 0 Å². The molecule has 2 N–H and O–H groups in total. The van der Waals surface area contributed by atoms with Crippen molar-refractivity contribution < 1.29 is 9.84 Å². The van der Waals surface area contributed by atoms with Crippen LogP contribution in [0.2, 0.25) is 0 Å². The van der Waals surface area contributed by atoms with Crippen molar-refractivity contribution in [3.63, 3.8) is 0 Å². The van der Waals surface area contributed by atoms with E-state index in [1.165, 1.54) is 19.5 Å². The van der Waals surface area contributed by atoms with Gasteiger partial charge in [-0.3, -0.25) is 0 Å². The average molecular weight is 278 g/mol. The van der Waals surface area contributed by atoms with E-state index in [9.17, 15) is 5.11 Å². The third-order valence-electron chi connectivity index (χ3n) is 4.09. The Kier molecular flexibility index (Phi) is 5.26. The number of phenolic OH excluding ortho intramolecular Hbond substituents is 1. The summed E-state index contributed by atoms with van der Waals surface area (Å²) in [5, 5.41) is 13.4. The monoisotopic (exact) mass is 278 g/mol. The molecule has 1 fully saturated rings. The van der Waals surface area contributed by atoms with Gasteiger partial charge < -0.3 is 20.1 Å². The van der Waals surface area contributed by atoms with Crippen molar-refractivity contribution in [1.29, 1.82) is 0 Å². The predicted molar refractivity (Wildman–Crippen MR) is 81.2 cm³/mol. The van der Waals surface area contributed by atoms with Crippen LogP contribution in [0.4, 0.5) is 0 Å². The van der Waals surface area contributed by atoms with E-state index in [-0.39, 0.29) is 0 Å². The van der Waals surface area contributed by atoms with Crippen molar-refractivity contribution in [2.75, 3.05) is 26.7 Å². The molecule has 1 aliphatic heterocycles. The van der Waals surface area contributed by atoms with Gasteiger partial charge in [0.2, 0.25) is 0 Å². The number of hydrogen-bond donors (Lipinski definition) is 2. The quantitative estimate of drug-likeness (QED) is 0.837. The summed E-state index contributed by atoms with van der Waals surface area (Å²) in [6.07, 6.45) is 1.26. The molecule has 1 atom stereocenters. The number of phenols is 1. The molecule has 4 heteroatoms. The van der Waals surface area contributed by atoms with Crippen LogP contribution in [0.25, 0.3) is 0 Å². The SMILES string of the molecule is COc1ccc(CNCC2CCN(C(C)C)C2)c(O)c1. The maximum Gasteiger partial charge on any atom is 0.123 e. The van der Waals surface area contributed by atoms with Gasteiger partial charge in [0.25, 0.3) is 0 Å². The summed E-state index contributed by atoms with van der Waals surface area (Å²) in [5.41, 5.74) is 0.921. The largest absolute Gasteiger partial charge is 0.507 e. The number of benzene rings is 1. The smallest absolute Gasteiger partial charge is 0.123 e. The van der Waals surface area contributed by atoms with E-state index in [4.69, 9.17) is 4.74 Å². The van der Waals surface area contributed by atoms with Crippen molar-refractivity contribution >= 4 is 0 Å². The van der Waals surface area contributed by atoms with Gasteiger partial charge in [-0.15, -0.1) is 0 Å². The van der Waals surface area contributed by atoms with Gasteiger partial charge in [0.15, 0.2) is 0 Å². The lowest BCUT2D eigenvalue weighted by atomic mass is 10.1. The van der Waals surface area contributed by atoms with Crippen molar-refractivity contribution in [1.82, 2.24) is 10.2 Å². The highest BCUT2D eigenvalue weighted by Gasteiger charge is 2.23. The Morgan fingerprint density at radius 2 is 2.25 bits per heavy atom. The fourth-order valence-corrected chi connectivity index (χ4v) is 2.73. The van der Waals surface area contributed by atoms with Crippen LogP contribution in [0, 0.1) is 5.92 Å². The summed E-state index contributed by atoms with van der Waals surface area (Å²) >= 11 is 0. The Hall–Kier alpha value is -1.26. The van der Waals surface area contributed by atoms with E-state index < -0.39 is 0 Å². The molecule has 0 aromatic heterocycles. The number of ether oxygens (including phenoxy) is 1. The molecule has 0 aliphatic carbocycles. The lowest BCUT2D eigenvalue weighted by molar-refractivity contribution is 0.264. The molecule has 2 rings (SSSR count). The van der Waals surface area contributed by atoms with E-state index in [2.05, 4.69) is 24.1 Å². The molecule has 1 saturated heterocycles. The molecule has 0 saturated carbocycles. The maximum atomic E-state index is 9.90. The van der Waals surface area contributed by atoms with Gasteiger partial charge in [-0.1, -0.05) is 6.07 Å². The van der Waals surface area contributed by atoms with E-state index >= 15 is 0 Å². The van der Waals surface area contributed by atoms with Crippen LogP contribution in [-0.4, -0.2) is 42.8 Å². The number of aromatic hydroxyl groups is 1. The molecule has 112 valence electrons. The summed E-state index contributed by atoms with van der Waals surface area (Å²) in [5.74, 6) is 1.71. The summed E-state index contributed by atoms with van der Waals surface area (Å²) in [6.45, 7) is 8.61. The van der Waals surface area contributed by atoms with E-state index in [0.29, 0.717) is 24.1 Å². The van der Waals surface area contributed by atoms with Crippen LogP contribution in [0.15, 0.2) is 18.2 Å². The lowest BCUT2D eigenvalue weighted by Crippen LogP contribution is -2.30. The lowest BCUT2D eigenvalue weighted by Gasteiger charge is -2.20. The van der Waals surface area contributed by atoms with Crippen molar-refractivity contribution in [2.24, 2.45) is 5.92 Å². The summed E-state index contributed by atoms with van der Waals surface area (Å²) < 4.78 is 5.08. The highest BCUT2D eigenvalue weighted by molar-refractivity contribution is 5.39. The zero-order valence-electron chi connectivity index (χ0n) is 12.7.